The highest BCUT2D eigenvalue weighted by atomic mass is 16.5. The van der Waals surface area contributed by atoms with Gasteiger partial charge in [0, 0.05) is 26.2 Å². The molecule has 128 valence electrons. The predicted octanol–water partition coefficient (Wildman–Crippen LogP) is 3.03. The molecule has 3 rings (SSSR count). The molecule has 0 radical (unpaired) electrons. The van der Waals surface area contributed by atoms with Gasteiger partial charge in [0.25, 0.3) is 5.91 Å². The predicted molar refractivity (Wildman–Crippen MR) is 92.8 cm³/mol. The van der Waals surface area contributed by atoms with Crippen LogP contribution in [0.15, 0.2) is 36.4 Å². The Morgan fingerprint density at radius 3 is 2.83 bits per heavy atom. The maximum Gasteiger partial charge on any atom is 0.272 e. The first kappa shape index (κ1) is 16.7. The van der Waals surface area contributed by atoms with Crippen molar-refractivity contribution in [2.24, 2.45) is 0 Å². The van der Waals surface area contributed by atoms with Gasteiger partial charge in [-0.15, -0.1) is 0 Å². The van der Waals surface area contributed by atoms with Gasteiger partial charge in [0.15, 0.2) is 0 Å². The highest BCUT2D eigenvalue weighted by Gasteiger charge is 2.25. The Balaban J connectivity index is 1.83. The van der Waals surface area contributed by atoms with Gasteiger partial charge in [-0.25, -0.2) is 0 Å². The SMILES string of the molecule is CCn1nc(C)cc1C(=O)N(Cc1ccccc1)CC1CCCO1. The van der Waals surface area contributed by atoms with E-state index >= 15 is 0 Å². The van der Waals surface area contributed by atoms with Crippen molar-refractivity contribution >= 4 is 5.91 Å². The van der Waals surface area contributed by atoms with Crippen molar-refractivity contribution in [3.8, 4) is 0 Å². The fraction of sp³-hybridized carbons (Fsp3) is 0.474. The summed E-state index contributed by atoms with van der Waals surface area (Å²) in [7, 11) is 0. The number of ether oxygens (including phenoxy) is 1. The van der Waals surface area contributed by atoms with Crippen LogP contribution in [-0.4, -0.2) is 39.8 Å². The number of aryl methyl sites for hydroxylation is 2. The fourth-order valence-corrected chi connectivity index (χ4v) is 3.18. The third-order valence-corrected chi connectivity index (χ3v) is 4.37. The molecule has 1 saturated heterocycles. The van der Waals surface area contributed by atoms with E-state index in [1.807, 2.05) is 43.0 Å². The van der Waals surface area contributed by atoms with Crippen molar-refractivity contribution in [1.82, 2.24) is 14.7 Å². The minimum atomic E-state index is 0.0248. The molecule has 1 unspecified atom stereocenters. The van der Waals surface area contributed by atoms with E-state index in [0.717, 1.165) is 30.7 Å². The summed E-state index contributed by atoms with van der Waals surface area (Å²) in [5.41, 5.74) is 2.66. The molecule has 1 amide bonds. The van der Waals surface area contributed by atoms with Crippen molar-refractivity contribution in [1.29, 1.82) is 0 Å². The van der Waals surface area contributed by atoms with Crippen LogP contribution in [0.25, 0.3) is 0 Å². The Hall–Kier alpha value is -2.14. The lowest BCUT2D eigenvalue weighted by atomic mass is 10.1. The number of amides is 1. The summed E-state index contributed by atoms with van der Waals surface area (Å²) in [6.07, 6.45) is 2.23. The summed E-state index contributed by atoms with van der Waals surface area (Å²) in [6, 6.07) is 12.0. The second-order valence-corrected chi connectivity index (χ2v) is 6.29. The molecule has 0 spiro atoms. The summed E-state index contributed by atoms with van der Waals surface area (Å²) in [4.78, 5) is 15.0. The van der Waals surface area contributed by atoms with Gasteiger partial charge < -0.3 is 9.64 Å². The van der Waals surface area contributed by atoms with Crippen LogP contribution in [0.2, 0.25) is 0 Å². The molecule has 2 aromatic rings. The first-order valence-corrected chi connectivity index (χ1v) is 8.66. The van der Waals surface area contributed by atoms with Crippen molar-refractivity contribution in [3.05, 3.63) is 53.3 Å². The van der Waals surface area contributed by atoms with Gasteiger partial charge in [-0.2, -0.15) is 5.10 Å². The number of aromatic nitrogens is 2. The van der Waals surface area contributed by atoms with E-state index in [-0.39, 0.29) is 12.0 Å². The lowest BCUT2D eigenvalue weighted by molar-refractivity contribution is 0.0498. The average Bonchev–Trinajstić information content (AvgIpc) is 3.23. The molecule has 0 N–H and O–H groups in total. The van der Waals surface area contributed by atoms with Crippen LogP contribution >= 0.6 is 0 Å². The molecule has 0 saturated carbocycles. The Labute approximate surface area is 143 Å². The molecular weight excluding hydrogens is 302 g/mol. The molecule has 1 aromatic carbocycles. The van der Waals surface area contributed by atoms with Crippen LogP contribution in [0, 0.1) is 6.92 Å². The largest absolute Gasteiger partial charge is 0.376 e. The standard InChI is InChI=1S/C19H25N3O2/c1-3-22-18(12-15(2)20-22)19(23)21(14-17-10-7-11-24-17)13-16-8-5-4-6-9-16/h4-6,8-9,12,17H,3,7,10-11,13-14H2,1-2H3. The third kappa shape index (κ3) is 3.85. The Morgan fingerprint density at radius 2 is 2.17 bits per heavy atom. The minimum Gasteiger partial charge on any atom is -0.376 e. The molecule has 5 nitrogen and oxygen atoms in total. The zero-order valence-electron chi connectivity index (χ0n) is 14.4. The molecule has 24 heavy (non-hydrogen) atoms. The van der Waals surface area contributed by atoms with Crippen LogP contribution in [0.5, 0.6) is 0 Å². The summed E-state index contributed by atoms with van der Waals surface area (Å²) < 4.78 is 7.54. The molecule has 0 bridgehead atoms. The van der Waals surface area contributed by atoms with Gasteiger partial charge in [-0.1, -0.05) is 30.3 Å². The van der Waals surface area contributed by atoms with Crippen LogP contribution in [0.4, 0.5) is 0 Å². The first-order valence-electron chi connectivity index (χ1n) is 8.66. The highest BCUT2D eigenvalue weighted by Crippen LogP contribution is 2.18. The van der Waals surface area contributed by atoms with E-state index in [9.17, 15) is 4.79 Å². The first-order chi connectivity index (χ1) is 11.7. The van der Waals surface area contributed by atoms with E-state index in [0.29, 0.717) is 25.3 Å². The van der Waals surface area contributed by atoms with Crippen molar-refractivity contribution in [2.75, 3.05) is 13.2 Å². The quantitative estimate of drug-likeness (QED) is 0.819. The average molecular weight is 327 g/mol. The molecular formula is C19H25N3O2. The minimum absolute atomic E-state index is 0.0248. The molecule has 5 heteroatoms. The second-order valence-electron chi connectivity index (χ2n) is 6.29. The van der Waals surface area contributed by atoms with Gasteiger partial charge in [0.1, 0.15) is 5.69 Å². The van der Waals surface area contributed by atoms with Gasteiger partial charge in [0.05, 0.1) is 11.8 Å². The van der Waals surface area contributed by atoms with Gasteiger partial charge in [-0.3, -0.25) is 9.48 Å². The molecule has 2 heterocycles. The summed E-state index contributed by atoms with van der Waals surface area (Å²) in [5, 5.41) is 4.41. The van der Waals surface area contributed by atoms with Crippen molar-refractivity contribution in [2.45, 2.75) is 45.9 Å². The number of hydrogen-bond donors (Lipinski definition) is 0. The monoisotopic (exact) mass is 327 g/mol. The normalized spacial score (nSPS) is 17.2. The smallest absolute Gasteiger partial charge is 0.272 e. The lowest BCUT2D eigenvalue weighted by Gasteiger charge is -2.25. The number of benzene rings is 1. The Morgan fingerprint density at radius 1 is 1.38 bits per heavy atom. The van der Waals surface area contributed by atoms with Gasteiger partial charge in [0.2, 0.25) is 0 Å². The van der Waals surface area contributed by atoms with E-state index in [4.69, 9.17) is 4.74 Å². The molecule has 1 aliphatic rings. The van der Waals surface area contributed by atoms with Crippen LogP contribution in [0.3, 0.4) is 0 Å². The Bertz CT molecular complexity index is 675. The molecule has 1 fully saturated rings. The van der Waals surface area contributed by atoms with Crippen LogP contribution < -0.4 is 0 Å². The molecule has 0 aliphatic carbocycles. The number of rotatable bonds is 6. The second kappa shape index (κ2) is 7.62. The number of carbonyl (C=O) groups is 1. The zero-order valence-corrected chi connectivity index (χ0v) is 14.4. The van der Waals surface area contributed by atoms with E-state index in [1.165, 1.54) is 0 Å². The number of carbonyl (C=O) groups excluding carboxylic acids is 1. The maximum atomic E-state index is 13.1. The zero-order chi connectivity index (χ0) is 16.9. The van der Waals surface area contributed by atoms with Crippen LogP contribution in [-0.2, 0) is 17.8 Å². The van der Waals surface area contributed by atoms with Crippen molar-refractivity contribution in [3.63, 3.8) is 0 Å². The van der Waals surface area contributed by atoms with Crippen LogP contribution in [0.1, 0.15) is 41.5 Å². The molecule has 1 aliphatic heterocycles. The maximum absolute atomic E-state index is 13.1. The van der Waals surface area contributed by atoms with E-state index < -0.39 is 0 Å². The van der Waals surface area contributed by atoms with Gasteiger partial charge in [-0.05, 0) is 38.3 Å². The fourth-order valence-electron chi connectivity index (χ4n) is 3.18. The highest BCUT2D eigenvalue weighted by molar-refractivity contribution is 5.92. The third-order valence-electron chi connectivity index (χ3n) is 4.37. The van der Waals surface area contributed by atoms with Gasteiger partial charge >= 0.3 is 0 Å². The van der Waals surface area contributed by atoms with Crippen molar-refractivity contribution < 1.29 is 9.53 Å². The summed E-state index contributed by atoms with van der Waals surface area (Å²) in [6.45, 7) is 6.63. The topological polar surface area (TPSA) is 47.4 Å². The van der Waals surface area contributed by atoms with E-state index in [1.54, 1.807) is 4.68 Å². The van der Waals surface area contributed by atoms with E-state index in [2.05, 4.69) is 17.2 Å². The lowest BCUT2D eigenvalue weighted by Crippen LogP contribution is -2.38. The molecule has 1 aromatic heterocycles. The Kier molecular flexibility index (Phi) is 5.30. The summed E-state index contributed by atoms with van der Waals surface area (Å²) in [5.74, 6) is 0.0248. The molecule has 1 atom stereocenters. The number of hydrogen-bond acceptors (Lipinski definition) is 3. The number of nitrogens with zero attached hydrogens (tertiary/aromatic N) is 3. The summed E-state index contributed by atoms with van der Waals surface area (Å²) >= 11 is 0.